The minimum absolute atomic E-state index is 0.0269. The highest BCUT2D eigenvalue weighted by molar-refractivity contribution is 5.93. The molecule has 0 unspecified atom stereocenters. The van der Waals surface area contributed by atoms with Crippen LogP contribution in [0.5, 0.6) is 0 Å². The first-order valence-electron chi connectivity index (χ1n) is 4.78. The van der Waals surface area contributed by atoms with E-state index in [0.717, 1.165) is 0 Å². The van der Waals surface area contributed by atoms with E-state index in [1.54, 1.807) is 22.9 Å². The quantitative estimate of drug-likeness (QED) is 0.750. The number of aliphatic hydroxyl groups is 1. The summed E-state index contributed by atoms with van der Waals surface area (Å²) in [5.41, 5.74) is 1.83. The van der Waals surface area contributed by atoms with Gasteiger partial charge in [0.15, 0.2) is 0 Å². The Labute approximate surface area is 91.4 Å². The summed E-state index contributed by atoms with van der Waals surface area (Å²) in [6.07, 6.45) is 0. The molecule has 2 aromatic rings. The molecule has 0 fully saturated rings. The number of esters is 1. The van der Waals surface area contributed by atoms with Crippen LogP contribution in [0.15, 0.2) is 18.2 Å². The Morgan fingerprint density at radius 2 is 2.38 bits per heavy atom. The number of ether oxygens (including phenoxy) is 1. The third kappa shape index (κ3) is 1.74. The molecule has 0 atom stereocenters. The highest BCUT2D eigenvalue weighted by atomic mass is 16.5. The summed E-state index contributed by atoms with van der Waals surface area (Å²) in [7, 11) is 1.33. The number of fused-ring (bicyclic) bond motifs is 1. The fraction of sp³-hybridized carbons (Fsp3) is 0.300. The SMILES string of the molecule is COC(=O)c1ccc2nnn(CCO)c2c1. The number of carbonyl (C=O) groups is 1. The molecule has 0 aliphatic rings. The van der Waals surface area contributed by atoms with Gasteiger partial charge in [0, 0.05) is 0 Å². The van der Waals surface area contributed by atoms with Crippen molar-refractivity contribution < 1.29 is 14.6 Å². The van der Waals surface area contributed by atoms with Gasteiger partial charge < -0.3 is 9.84 Å². The Morgan fingerprint density at radius 1 is 1.56 bits per heavy atom. The lowest BCUT2D eigenvalue weighted by Gasteiger charge is -2.01. The van der Waals surface area contributed by atoms with Crippen molar-refractivity contribution in [2.24, 2.45) is 0 Å². The van der Waals surface area contributed by atoms with Crippen LogP contribution in [0, 0.1) is 0 Å². The zero-order valence-corrected chi connectivity index (χ0v) is 8.75. The summed E-state index contributed by atoms with van der Waals surface area (Å²) in [6.45, 7) is 0.321. The second kappa shape index (κ2) is 4.28. The van der Waals surface area contributed by atoms with Crippen LogP contribution in [0.1, 0.15) is 10.4 Å². The topological polar surface area (TPSA) is 77.2 Å². The molecule has 6 nitrogen and oxygen atoms in total. The van der Waals surface area contributed by atoms with E-state index in [9.17, 15) is 4.79 Å². The van der Waals surface area contributed by atoms with E-state index in [1.807, 2.05) is 0 Å². The number of methoxy groups -OCH3 is 1. The van der Waals surface area contributed by atoms with E-state index in [0.29, 0.717) is 23.1 Å². The van der Waals surface area contributed by atoms with Crippen molar-refractivity contribution in [1.29, 1.82) is 0 Å². The van der Waals surface area contributed by atoms with Gasteiger partial charge in [0.05, 0.1) is 31.3 Å². The molecule has 0 spiro atoms. The maximum absolute atomic E-state index is 11.3. The van der Waals surface area contributed by atoms with Crippen molar-refractivity contribution in [1.82, 2.24) is 15.0 Å². The second-order valence-electron chi connectivity index (χ2n) is 3.23. The average molecular weight is 221 g/mol. The highest BCUT2D eigenvalue weighted by Crippen LogP contribution is 2.14. The van der Waals surface area contributed by atoms with Crippen molar-refractivity contribution >= 4 is 17.0 Å². The molecule has 1 aromatic heterocycles. The van der Waals surface area contributed by atoms with Crippen LogP contribution in [-0.4, -0.2) is 39.8 Å². The van der Waals surface area contributed by atoms with Crippen LogP contribution in [-0.2, 0) is 11.3 Å². The van der Waals surface area contributed by atoms with Crippen molar-refractivity contribution in [3.05, 3.63) is 23.8 Å². The molecule has 1 aromatic carbocycles. The van der Waals surface area contributed by atoms with Crippen LogP contribution >= 0.6 is 0 Å². The summed E-state index contributed by atoms with van der Waals surface area (Å²) in [4.78, 5) is 11.3. The minimum Gasteiger partial charge on any atom is -0.465 e. The summed E-state index contributed by atoms with van der Waals surface area (Å²) >= 11 is 0. The third-order valence-electron chi connectivity index (χ3n) is 2.25. The molecule has 2 rings (SSSR count). The van der Waals surface area contributed by atoms with Gasteiger partial charge in [-0.2, -0.15) is 0 Å². The van der Waals surface area contributed by atoms with Crippen LogP contribution in [0.25, 0.3) is 11.0 Å². The van der Waals surface area contributed by atoms with Gasteiger partial charge in [-0.3, -0.25) is 0 Å². The van der Waals surface area contributed by atoms with Crippen molar-refractivity contribution in [2.45, 2.75) is 6.54 Å². The van der Waals surface area contributed by atoms with Gasteiger partial charge in [0.25, 0.3) is 0 Å². The molecule has 0 aliphatic carbocycles. The predicted octanol–water partition coefficient (Wildman–Crippen LogP) is 0.210. The zero-order chi connectivity index (χ0) is 11.5. The van der Waals surface area contributed by atoms with Gasteiger partial charge in [-0.05, 0) is 18.2 Å². The van der Waals surface area contributed by atoms with E-state index in [2.05, 4.69) is 15.0 Å². The fourth-order valence-corrected chi connectivity index (χ4v) is 1.47. The van der Waals surface area contributed by atoms with Crippen LogP contribution in [0.2, 0.25) is 0 Å². The number of benzene rings is 1. The summed E-state index contributed by atoms with van der Waals surface area (Å²) in [5.74, 6) is -0.404. The van der Waals surface area contributed by atoms with Crippen molar-refractivity contribution in [3.8, 4) is 0 Å². The zero-order valence-electron chi connectivity index (χ0n) is 8.75. The third-order valence-corrected chi connectivity index (χ3v) is 2.25. The van der Waals surface area contributed by atoms with Crippen LogP contribution < -0.4 is 0 Å². The molecule has 0 amide bonds. The lowest BCUT2D eigenvalue weighted by molar-refractivity contribution is 0.0601. The first-order chi connectivity index (χ1) is 7.76. The van der Waals surface area contributed by atoms with E-state index < -0.39 is 5.97 Å². The molecule has 0 radical (unpaired) electrons. The number of carbonyl (C=O) groups excluding carboxylic acids is 1. The first kappa shape index (κ1) is 10.6. The average Bonchev–Trinajstić information content (AvgIpc) is 2.71. The Hall–Kier alpha value is -1.95. The fourth-order valence-electron chi connectivity index (χ4n) is 1.47. The Kier molecular flexibility index (Phi) is 2.82. The predicted molar refractivity (Wildman–Crippen MR) is 56.0 cm³/mol. The Morgan fingerprint density at radius 3 is 3.06 bits per heavy atom. The molecular formula is C10H11N3O3. The Balaban J connectivity index is 2.49. The van der Waals surface area contributed by atoms with E-state index in [4.69, 9.17) is 5.11 Å². The number of hydrogen-bond donors (Lipinski definition) is 1. The van der Waals surface area contributed by atoms with Gasteiger partial charge in [-0.1, -0.05) is 5.21 Å². The molecule has 0 aliphatic heterocycles. The molecule has 0 bridgehead atoms. The van der Waals surface area contributed by atoms with Crippen LogP contribution in [0.4, 0.5) is 0 Å². The molecule has 16 heavy (non-hydrogen) atoms. The highest BCUT2D eigenvalue weighted by Gasteiger charge is 2.09. The molecule has 1 N–H and O–H groups in total. The maximum Gasteiger partial charge on any atom is 0.337 e. The monoisotopic (exact) mass is 221 g/mol. The Bertz CT molecular complexity index is 521. The van der Waals surface area contributed by atoms with Gasteiger partial charge in [0.2, 0.25) is 0 Å². The van der Waals surface area contributed by atoms with Gasteiger partial charge in [0.1, 0.15) is 5.52 Å². The normalized spacial score (nSPS) is 10.6. The maximum atomic E-state index is 11.3. The molecular weight excluding hydrogens is 210 g/mol. The summed E-state index contributed by atoms with van der Waals surface area (Å²) in [6, 6.07) is 4.98. The number of hydrogen-bond acceptors (Lipinski definition) is 5. The minimum atomic E-state index is -0.404. The molecule has 84 valence electrons. The van der Waals surface area contributed by atoms with Crippen LogP contribution in [0.3, 0.4) is 0 Å². The lowest BCUT2D eigenvalue weighted by Crippen LogP contribution is -2.05. The van der Waals surface area contributed by atoms with Gasteiger partial charge >= 0.3 is 5.97 Å². The molecule has 0 saturated heterocycles. The smallest absolute Gasteiger partial charge is 0.337 e. The number of aliphatic hydroxyl groups excluding tert-OH is 1. The first-order valence-corrected chi connectivity index (χ1v) is 4.78. The number of rotatable bonds is 3. The van der Waals surface area contributed by atoms with Gasteiger partial charge in [-0.25, -0.2) is 9.48 Å². The number of aromatic nitrogens is 3. The van der Waals surface area contributed by atoms with E-state index in [-0.39, 0.29) is 6.61 Å². The summed E-state index contributed by atoms with van der Waals surface area (Å²) in [5, 5.41) is 16.6. The molecule has 0 saturated carbocycles. The standard InChI is InChI=1S/C10H11N3O3/c1-16-10(15)7-2-3-8-9(6-7)13(4-5-14)12-11-8/h2-3,6,14H,4-5H2,1H3. The number of nitrogens with zero attached hydrogens (tertiary/aromatic N) is 3. The largest absolute Gasteiger partial charge is 0.465 e. The van der Waals surface area contributed by atoms with E-state index in [1.165, 1.54) is 7.11 Å². The second-order valence-corrected chi connectivity index (χ2v) is 3.23. The van der Waals surface area contributed by atoms with Gasteiger partial charge in [-0.15, -0.1) is 5.10 Å². The molecule has 1 heterocycles. The van der Waals surface area contributed by atoms with Crippen molar-refractivity contribution in [3.63, 3.8) is 0 Å². The van der Waals surface area contributed by atoms with Crippen molar-refractivity contribution in [2.75, 3.05) is 13.7 Å². The lowest BCUT2D eigenvalue weighted by atomic mass is 10.2. The van der Waals surface area contributed by atoms with E-state index >= 15 is 0 Å². The molecule has 6 heteroatoms. The summed E-state index contributed by atoms with van der Waals surface area (Å²) < 4.78 is 6.17.